The number of aryl methyl sites for hydroxylation is 1. The van der Waals surface area contributed by atoms with E-state index in [-0.39, 0.29) is 0 Å². The highest BCUT2D eigenvalue weighted by Crippen LogP contribution is 2.33. The van der Waals surface area contributed by atoms with Gasteiger partial charge in [-0.1, -0.05) is 54.6 Å². The molecule has 0 spiro atoms. The molecule has 0 saturated carbocycles. The highest BCUT2D eigenvalue weighted by atomic mass is 14.9. The van der Waals surface area contributed by atoms with Crippen molar-refractivity contribution < 1.29 is 5.94 Å². The predicted octanol–water partition coefficient (Wildman–Crippen LogP) is 6.68. The Hall–Kier alpha value is -3.78. The zero-order chi connectivity index (χ0) is 22.2. The van der Waals surface area contributed by atoms with Gasteiger partial charge in [-0.2, -0.15) is 4.57 Å². The zero-order valence-corrected chi connectivity index (χ0v) is 18.1. The lowest BCUT2D eigenvalue weighted by Crippen LogP contribution is -2.35. The van der Waals surface area contributed by atoms with E-state index in [9.17, 15) is 0 Å². The van der Waals surface area contributed by atoms with Crippen LogP contribution in [0.25, 0.3) is 44.3 Å². The molecule has 150 valence electrons. The maximum Gasteiger partial charge on any atom is 0.220 e. The normalized spacial score (nSPS) is 11.5. The van der Waals surface area contributed by atoms with E-state index >= 15 is 0 Å². The molecule has 0 N–H and O–H groups in total. The minimum Gasteiger partial charge on any atom is -0.264 e. The summed E-state index contributed by atoms with van der Waals surface area (Å²) in [6, 6.07) is 28.1. The Morgan fingerprint density at radius 2 is 1.52 bits per heavy atom. The largest absolute Gasteiger partial charge is 0.264 e. The van der Waals surface area contributed by atoms with E-state index in [2.05, 4.69) is 90.3 Å². The second kappa shape index (κ2) is 7.81. The molecular formula is C29H25N2+. The summed E-state index contributed by atoms with van der Waals surface area (Å²) in [6.07, 6.45) is 3.65. The Morgan fingerprint density at radius 1 is 0.774 bits per heavy atom. The smallest absolute Gasteiger partial charge is 0.220 e. The van der Waals surface area contributed by atoms with Crippen LogP contribution in [0, 0.1) is 13.8 Å². The maximum atomic E-state index is 8.81. The second-order valence-corrected chi connectivity index (χ2v) is 8.02. The fourth-order valence-electron chi connectivity index (χ4n) is 4.26. The second-order valence-electron chi connectivity index (χ2n) is 8.02. The van der Waals surface area contributed by atoms with Gasteiger partial charge in [0.2, 0.25) is 5.69 Å². The van der Waals surface area contributed by atoms with Crippen molar-refractivity contribution in [2.45, 2.75) is 13.8 Å². The molecular weight excluding hydrogens is 376 g/mol. The summed E-state index contributed by atoms with van der Waals surface area (Å²) in [5.41, 5.74) is 9.07. The molecule has 0 aliphatic carbocycles. The van der Waals surface area contributed by atoms with Gasteiger partial charge in [0, 0.05) is 36.5 Å². The molecule has 5 aromatic rings. The van der Waals surface area contributed by atoms with E-state index in [0.29, 0.717) is 6.04 Å². The van der Waals surface area contributed by atoms with Gasteiger partial charge in [0.15, 0.2) is 5.69 Å². The van der Waals surface area contributed by atoms with Gasteiger partial charge in [0.1, 0.15) is 7.05 Å². The van der Waals surface area contributed by atoms with Gasteiger partial charge in [-0.05, 0) is 58.8 Å². The minimum atomic E-state index is 0.565. The Morgan fingerprint density at radius 3 is 2.26 bits per heavy atom. The number of hydrogen-bond donors (Lipinski definition) is 0. The van der Waals surface area contributed by atoms with Gasteiger partial charge < -0.3 is 0 Å². The number of pyridine rings is 2. The van der Waals surface area contributed by atoms with E-state index in [1.807, 2.05) is 25.3 Å². The number of rotatable bonds is 3. The molecule has 0 unspecified atom stereocenters. The Balaban J connectivity index is 1.72. The summed E-state index contributed by atoms with van der Waals surface area (Å²) >= 11 is 0. The van der Waals surface area contributed by atoms with Crippen LogP contribution < -0.4 is 4.57 Å². The average molecular weight is 403 g/mol. The molecule has 0 aliphatic rings. The highest BCUT2D eigenvalue weighted by molar-refractivity contribution is 5.96. The third-order valence-corrected chi connectivity index (χ3v) is 6.01. The van der Waals surface area contributed by atoms with Crippen molar-refractivity contribution in [3.63, 3.8) is 0 Å². The van der Waals surface area contributed by atoms with Crippen molar-refractivity contribution in [2.75, 3.05) is 0 Å². The topological polar surface area (TPSA) is 16.8 Å². The number of nitrogens with zero attached hydrogens (tertiary/aromatic N) is 2. The number of hydrogen-bond acceptors (Lipinski definition) is 1. The zero-order valence-electron chi connectivity index (χ0n) is 19.1. The monoisotopic (exact) mass is 402 g/mol. The van der Waals surface area contributed by atoms with Crippen LogP contribution >= 0.6 is 0 Å². The molecule has 3 aromatic carbocycles. The third kappa shape index (κ3) is 3.51. The van der Waals surface area contributed by atoms with Gasteiger partial charge >= 0.3 is 0 Å². The first kappa shape index (κ1) is 18.0. The van der Waals surface area contributed by atoms with Crippen LogP contribution in [-0.4, -0.2) is 4.98 Å². The standard InChI is InChI=1S/C29H25N2/c1-20-16-23(22-8-5-4-6-9-22)11-13-27(20)29-28-14-12-24(25-10-7-15-30-19-25)18-26(28)17-21(2)31(29)3/h4-19H,1-3H3/q+1/i17D. The van der Waals surface area contributed by atoms with Crippen LogP contribution in [0.15, 0.2) is 97.3 Å². The Labute approximate surface area is 184 Å². The summed E-state index contributed by atoms with van der Waals surface area (Å²) in [5.74, 6) is 0. The predicted molar refractivity (Wildman–Crippen MR) is 129 cm³/mol. The number of benzene rings is 3. The van der Waals surface area contributed by atoms with Gasteiger partial charge in [-0.3, -0.25) is 4.98 Å². The van der Waals surface area contributed by atoms with E-state index in [4.69, 9.17) is 1.37 Å². The van der Waals surface area contributed by atoms with E-state index < -0.39 is 0 Å². The Kier molecular flexibility index (Phi) is 4.54. The maximum absolute atomic E-state index is 8.81. The molecule has 0 aliphatic heterocycles. The molecule has 0 amide bonds. The summed E-state index contributed by atoms with van der Waals surface area (Å²) < 4.78 is 11.0. The van der Waals surface area contributed by atoms with Gasteiger partial charge in [0.25, 0.3) is 0 Å². The van der Waals surface area contributed by atoms with Crippen molar-refractivity contribution in [2.24, 2.45) is 7.05 Å². The summed E-state index contributed by atoms with van der Waals surface area (Å²) in [6.45, 7) is 4.19. The third-order valence-electron chi connectivity index (χ3n) is 6.01. The molecule has 0 atom stereocenters. The van der Waals surface area contributed by atoms with Crippen LogP contribution in [-0.2, 0) is 7.05 Å². The molecule has 5 rings (SSSR count). The molecule has 0 saturated heterocycles. The number of aromatic nitrogens is 2. The van der Waals surface area contributed by atoms with Crippen LogP contribution in [0.4, 0.5) is 0 Å². The molecule has 2 heterocycles. The van der Waals surface area contributed by atoms with Crippen molar-refractivity contribution in [3.8, 4) is 33.5 Å². The van der Waals surface area contributed by atoms with Crippen molar-refractivity contribution in [1.82, 2.24) is 4.98 Å². The fraction of sp³-hybridized carbons (Fsp3) is 0.103. The fourth-order valence-corrected chi connectivity index (χ4v) is 4.26. The first-order chi connectivity index (χ1) is 15.5. The summed E-state index contributed by atoms with van der Waals surface area (Å²) in [7, 11) is 2.06. The van der Waals surface area contributed by atoms with E-state index in [1.165, 1.54) is 22.3 Å². The van der Waals surface area contributed by atoms with Crippen LogP contribution in [0.2, 0.25) is 0 Å². The average Bonchev–Trinajstić information content (AvgIpc) is 2.84. The highest BCUT2D eigenvalue weighted by Gasteiger charge is 2.20. The minimum absolute atomic E-state index is 0.565. The van der Waals surface area contributed by atoms with E-state index in [1.54, 1.807) is 6.20 Å². The van der Waals surface area contributed by atoms with Crippen molar-refractivity contribution in [3.05, 3.63) is 109 Å². The lowest BCUT2D eigenvalue weighted by Gasteiger charge is -2.12. The lowest BCUT2D eigenvalue weighted by molar-refractivity contribution is -0.665. The van der Waals surface area contributed by atoms with Crippen LogP contribution in [0.5, 0.6) is 0 Å². The Bertz CT molecular complexity index is 1440. The summed E-state index contributed by atoms with van der Waals surface area (Å²) in [5, 5.41) is 2.05. The molecule has 2 aromatic heterocycles. The van der Waals surface area contributed by atoms with Gasteiger partial charge in [0.05, 0.1) is 6.76 Å². The van der Waals surface area contributed by atoms with Crippen LogP contribution in [0.1, 0.15) is 12.6 Å². The lowest BCUT2D eigenvalue weighted by atomic mass is 9.94. The molecule has 2 nitrogen and oxygen atoms in total. The quantitative estimate of drug-likeness (QED) is 0.308. The first-order valence-corrected chi connectivity index (χ1v) is 10.5. The molecule has 0 radical (unpaired) electrons. The van der Waals surface area contributed by atoms with Crippen LogP contribution in [0.3, 0.4) is 0 Å². The molecule has 2 heteroatoms. The van der Waals surface area contributed by atoms with E-state index in [0.717, 1.165) is 33.3 Å². The first-order valence-electron chi connectivity index (χ1n) is 11.0. The van der Waals surface area contributed by atoms with Gasteiger partial charge in [-0.25, -0.2) is 0 Å². The summed E-state index contributed by atoms with van der Waals surface area (Å²) in [4.78, 5) is 4.25. The SMILES string of the molecule is [2H]c1c(C)[n+](C)c(-c2ccc(-c3ccccc3)cc2C)c2ccc(-c3cccnc3)cc12. The van der Waals surface area contributed by atoms with Crippen molar-refractivity contribution >= 4 is 10.8 Å². The van der Waals surface area contributed by atoms with Gasteiger partial charge in [-0.15, -0.1) is 0 Å². The molecule has 0 bridgehead atoms. The molecule has 31 heavy (non-hydrogen) atoms. The van der Waals surface area contributed by atoms with Crippen molar-refractivity contribution in [1.29, 1.82) is 0 Å². The molecule has 0 fully saturated rings. The number of fused-ring (bicyclic) bond motifs is 1.